The minimum atomic E-state index is -2.67. The van der Waals surface area contributed by atoms with Gasteiger partial charge < -0.3 is 19.4 Å². The van der Waals surface area contributed by atoms with Gasteiger partial charge in [0.05, 0.1) is 16.9 Å². The first-order chi connectivity index (χ1) is 16.3. The van der Waals surface area contributed by atoms with E-state index in [1.54, 1.807) is 29.1 Å². The van der Waals surface area contributed by atoms with Crippen LogP contribution in [-0.4, -0.2) is 40.4 Å². The van der Waals surface area contributed by atoms with Crippen LogP contribution in [-0.2, 0) is 0 Å². The lowest BCUT2D eigenvalue weighted by Gasteiger charge is -2.35. The number of pyridine rings is 1. The van der Waals surface area contributed by atoms with Crippen molar-refractivity contribution in [2.75, 3.05) is 23.3 Å². The molecule has 1 aromatic carbocycles. The summed E-state index contributed by atoms with van der Waals surface area (Å²) in [5, 5.41) is 2.99. The Bertz CT molecular complexity index is 1260. The fourth-order valence-corrected chi connectivity index (χ4v) is 5.56. The van der Waals surface area contributed by atoms with Gasteiger partial charge >= 0.3 is 0 Å². The molecule has 2 aliphatic carbocycles. The highest BCUT2D eigenvalue weighted by Gasteiger charge is 2.47. The molecule has 2 saturated carbocycles. The third-order valence-electron chi connectivity index (χ3n) is 7.38. The summed E-state index contributed by atoms with van der Waals surface area (Å²) in [6.07, 6.45) is 8.97. The van der Waals surface area contributed by atoms with Gasteiger partial charge in [-0.1, -0.05) is 0 Å². The zero-order valence-corrected chi connectivity index (χ0v) is 20.7. The maximum Gasteiger partial charge on any atom is 0.257 e. The number of carbonyl (C=O) groups is 1. The fourth-order valence-electron chi connectivity index (χ4n) is 5.08. The molecule has 34 heavy (non-hydrogen) atoms. The zero-order chi connectivity index (χ0) is 23.5. The van der Waals surface area contributed by atoms with E-state index < -0.39 is 12.0 Å². The minimum Gasteiger partial charge on any atom is -0.486 e. The molecule has 2 aromatic heterocycles. The largest absolute Gasteiger partial charge is 0.486 e. The lowest BCUT2D eigenvalue weighted by Crippen LogP contribution is -2.43. The Morgan fingerprint density at radius 2 is 1.91 bits per heavy atom. The molecule has 0 radical (unpaired) electrons. The number of aromatic nitrogens is 2. The molecule has 0 bridgehead atoms. The monoisotopic (exact) mass is 578 g/mol. The van der Waals surface area contributed by atoms with Crippen molar-refractivity contribution < 1.29 is 18.3 Å². The molecule has 178 valence electrons. The average molecular weight is 578 g/mol. The topological polar surface area (TPSA) is 58.9 Å². The molecule has 1 saturated heterocycles. The van der Waals surface area contributed by atoms with Crippen molar-refractivity contribution in [2.45, 2.75) is 50.6 Å². The molecule has 3 aliphatic rings. The second-order valence-corrected chi connectivity index (χ2v) is 11.1. The number of carbonyl (C=O) groups excluding carboxylic acids is 1. The highest BCUT2D eigenvalue weighted by Crippen LogP contribution is 2.54. The molecule has 1 N–H and O–H groups in total. The Morgan fingerprint density at radius 3 is 2.62 bits per heavy atom. The van der Waals surface area contributed by atoms with E-state index in [1.807, 2.05) is 12.1 Å². The maximum atomic E-state index is 13.4. The van der Waals surface area contributed by atoms with Crippen molar-refractivity contribution in [2.24, 2.45) is 5.41 Å². The van der Waals surface area contributed by atoms with Crippen LogP contribution in [0.5, 0.6) is 5.75 Å². The number of imidazole rings is 1. The van der Waals surface area contributed by atoms with Crippen LogP contribution in [0.3, 0.4) is 0 Å². The quantitative estimate of drug-likeness (QED) is 0.392. The van der Waals surface area contributed by atoms with E-state index in [1.165, 1.54) is 25.7 Å². The van der Waals surface area contributed by atoms with Crippen LogP contribution < -0.4 is 15.0 Å². The van der Waals surface area contributed by atoms with Gasteiger partial charge in [0.15, 0.2) is 11.4 Å². The molecule has 1 spiro atoms. The molecule has 3 aromatic rings. The minimum absolute atomic E-state index is 0.210. The molecule has 1 amide bonds. The number of rotatable bonds is 5. The highest BCUT2D eigenvalue weighted by atomic mass is 127. The molecule has 9 heteroatoms. The van der Waals surface area contributed by atoms with Crippen molar-refractivity contribution in [3.63, 3.8) is 0 Å². The van der Waals surface area contributed by atoms with E-state index in [2.05, 4.69) is 43.9 Å². The van der Waals surface area contributed by atoms with Gasteiger partial charge in [0.1, 0.15) is 6.10 Å². The standard InChI is InChI=1S/C25H25F2IN4O2/c26-25(27)13-18(14-25)34-21-12-17(15-32-10-7-29-22(21)32)30-23(33)19-2-1-16(28)11-20(19)31-8-5-24(3-4-24)6-9-31/h1-2,7,10-12,15,18H,3-6,8-9,13-14H2,(H,30,33). The molecule has 6 rings (SSSR count). The second kappa shape index (κ2) is 8.07. The number of amides is 1. The van der Waals surface area contributed by atoms with E-state index in [-0.39, 0.29) is 18.7 Å². The van der Waals surface area contributed by atoms with E-state index >= 15 is 0 Å². The number of hydrogen-bond acceptors (Lipinski definition) is 4. The third kappa shape index (κ3) is 4.23. The predicted molar refractivity (Wildman–Crippen MR) is 134 cm³/mol. The summed E-state index contributed by atoms with van der Waals surface area (Å²) in [7, 11) is 0. The Hall–Kier alpha value is -2.43. The summed E-state index contributed by atoms with van der Waals surface area (Å²) in [6, 6.07) is 7.55. The first-order valence-corrected chi connectivity index (χ1v) is 12.7. The molecular formula is C25H25F2IN4O2. The molecule has 3 fully saturated rings. The Kier molecular flexibility index (Phi) is 5.23. The number of fused-ring (bicyclic) bond motifs is 1. The molecular weight excluding hydrogens is 553 g/mol. The van der Waals surface area contributed by atoms with E-state index in [0.29, 0.717) is 28.1 Å². The number of anilines is 2. The van der Waals surface area contributed by atoms with E-state index in [9.17, 15) is 13.6 Å². The van der Waals surface area contributed by atoms with Gasteiger partial charge in [0, 0.05) is 54.2 Å². The summed E-state index contributed by atoms with van der Waals surface area (Å²) in [6.45, 7) is 1.93. The summed E-state index contributed by atoms with van der Waals surface area (Å²) >= 11 is 2.28. The van der Waals surface area contributed by atoms with Gasteiger partial charge in [-0.15, -0.1) is 0 Å². The van der Waals surface area contributed by atoms with Gasteiger partial charge in [-0.3, -0.25) is 4.79 Å². The Balaban J connectivity index is 1.24. The normalized spacial score (nSPS) is 20.9. The number of ether oxygens (including phenoxy) is 1. The first-order valence-electron chi connectivity index (χ1n) is 11.7. The summed E-state index contributed by atoms with van der Waals surface area (Å²) < 4.78 is 35.2. The van der Waals surface area contributed by atoms with Crippen LogP contribution in [0.25, 0.3) is 5.65 Å². The van der Waals surface area contributed by atoms with E-state index in [0.717, 1.165) is 22.3 Å². The van der Waals surface area contributed by atoms with Crippen LogP contribution in [0.2, 0.25) is 0 Å². The number of piperidine rings is 1. The summed E-state index contributed by atoms with van der Waals surface area (Å²) in [4.78, 5) is 20.0. The number of nitrogens with one attached hydrogen (secondary N) is 1. The lowest BCUT2D eigenvalue weighted by atomic mass is 9.91. The van der Waals surface area contributed by atoms with Gasteiger partial charge in [-0.05, 0) is 71.9 Å². The molecule has 0 atom stereocenters. The third-order valence-corrected chi connectivity index (χ3v) is 8.06. The molecule has 6 nitrogen and oxygen atoms in total. The van der Waals surface area contributed by atoms with Crippen molar-refractivity contribution in [3.05, 3.63) is 52.0 Å². The van der Waals surface area contributed by atoms with Crippen molar-refractivity contribution >= 4 is 45.5 Å². The second-order valence-electron chi connectivity index (χ2n) is 9.86. The van der Waals surface area contributed by atoms with Gasteiger partial charge in [0.25, 0.3) is 11.8 Å². The number of halogens is 3. The smallest absolute Gasteiger partial charge is 0.257 e. The first kappa shape index (κ1) is 22.1. The highest BCUT2D eigenvalue weighted by molar-refractivity contribution is 14.1. The zero-order valence-electron chi connectivity index (χ0n) is 18.6. The van der Waals surface area contributed by atoms with E-state index in [4.69, 9.17) is 4.74 Å². The average Bonchev–Trinajstić information content (AvgIpc) is 3.35. The van der Waals surface area contributed by atoms with Crippen molar-refractivity contribution in [3.8, 4) is 5.75 Å². The molecule has 1 aliphatic heterocycles. The van der Waals surface area contributed by atoms with Gasteiger partial charge in [-0.25, -0.2) is 13.8 Å². The Labute approximate surface area is 209 Å². The SMILES string of the molecule is O=C(Nc1cc(OC2CC(F)(F)C2)c2nccn2c1)c1ccc(I)cc1N1CCC2(CC1)CC2. The summed E-state index contributed by atoms with van der Waals surface area (Å²) in [5.74, 6) is -2.49. The van der Waals surface area contributed by atoms with Crippen molar-refractivity contribution in [1.29, 1.82) is 0 Å². The molecule has 3 heterocycles. The fraction of sp³-hybridized carbons (Fsp3) is 0.440. The number of benzene rings is 1. The number of hydrogen-bond donors (Lipinski definition) is 1. The summed E-state index contributed by atoms with van der Waals surface area (Å²) in [5.41, 5.74) is 3.19. The maximum absolute atomic E-state index is 13.4. The van der Waals surface area contributed by atoms with Crippen LogP contribution in [0.15, 0.2) is 42.9 Å². The van der Waals surface area contributed by atoms with Crippen LogP contribution in [0, 0.1) is 8.99 Å². The van der Waals surface area contributed by atoms with Crippen LogP contribution >= 0.6 is 22.6 Å². The van der Waals surface area contributed by atoms with Gasteiger partial charge in [-0.2, -0.15) is 0 Å². The van der Waals surface area contributed by atoms with Crippen LogP contribution in [0.4, 0.5) is 20.2 Å². The predicted octanol–water partition coefficient (Wildman–Crippen LogP) is 5.75. The molecule has 0 unspecified atom stereocenters. The van der Waals surface area contributed by atoms with Crippen LogP contribution in [0.1, 0.15) is 48.9 Å². The van der Waals surface area contributed by atoms with Crippen molar-refractivity contribution in [1.82, 2.24) is 9.38 Å². The van der Waals surface area contributed by atoms with Gasteiger partial charge in [0.2, 0.25) is 0 Å². The Morgan fingerprint density at radius 1 is 1.15 bits per heavy atom. The lowest BCUT2D eigenvalue weighted by molar-refractivity contribution is -0.134. The number of alkyl halides is 2. The number of nitrogens with zero attached hydrogens (tertiary/aromatic N) is 3.